The van der Waals surface area contributed by atoms with E-state index in [4.69, 9.17) is 0 Å². The lowest BCUT2D eigenvalue weighted by molar-refractivity contribution is -0.128. The molecule has 0 radical (unpaired) electrons. The summed E-state index contributed by atoms with van der Waals surface area (Å²) < 4.78 is 13.0. The summed E-state index contributed by atoms with van der Waals surface area (Å²) in [6, 6.07) is 6.35. The van der Waals surface area contributed by atoms with Crippen LogP contribution in [0.1, 0.15) is 32.0 Å². The van der Waals surface area contributed by atoms with Crippen molar-refractivity contribution in [3.63, 3.8) is 0 Å². The van der Waals surface area contributed by atoms with Crippen LogP contribution in [0.5, 0.6) is 0 Å². The smallest absolute Gasteiger partial charge is 0.238 e. The molecule has 1 amide bonds. The molecule has 116 valence electrons. The summed E-state index contributed by atoms with van der Waals surface area (Å²) in [6.45, 7) is 8.43. The van der Waals surface area contributed by atoms with Crippen molar-refractivity contribution in [1.29, 1.82) is 0 Å². The van der Waals surface area contributed by atoms with Gasteiger partial charge >= 0.3 is 0 Å². The van der Waals surface area contributed by atoms with Crippen molar-refractivity contribution < 1.29 is 9.18 Å². The number of carbonyl (C=O) groups excluding carboxylic acids is 1. The van der Waals surface area contributed by atoms with Gasteiger partial charge in [-0.25, -0.2) is 4.39 Å². The van der Waals surface area contributed by atoms with Crippen LogP contribution >= 0.6 is 0 Å². The molecule has 0 bridgehead atoms. The average molecular weight is 293 g/mol. The van der Waals surface area contributed by atoms with Crippen molar-refractivity contribution >= 4 is 5.91 Å². The van der Waals surface area contributed by atoms with Crippen molar-refractivity contribution in [2.75, 3.05) is 32.7 Å². The second-order valence-electron chi connectivity index (χ2n) is 5.30. The third kappa shape index (κ3) is 4.02. The largest absolute Gasteiger partial charge is 0.322 e. The molecule has 0 aromatic heterocycles. The van der Waals surface area contributed by atoms with E-state index >= 15 is 0 Å². The summed E-state index contributed by atoms with van der Waals surface area (Å²) >= 11 is 0. The molecule has 1 heterocycles. The minimum absolute atomic E-state index is 0.115. The third-order valence-corrected chi connectivity index (χ3v) is 4.03. The predicted octanol–water partition coefficient (Wildman–Crippen LogP) is 1.99. The van der Waals surface area contributed by atoms with Gasteiger partial charge in [-0.3, -0.25) is 10.1 Å². The summed E-state index contributed by atoms with van der Waals surface area (Å²) in [6.07, 6.45) is 0.821. The number of benzene rings is 1. The van der Waals surface area contributed by atoms with Gasteiger partial charge < -0.3 is 9.80 Å². The number of rotatable bonds is 7. The molecule has 1 aliphatic rings. The van der Waals surface area contributed by atoms with Gasteiger partial charge in [0.2, 0.25) is 5.91 Å². The molecule has 1 saturated heterocycles. The first-order chi connectivity index (χ1) is 10.2. The SMILES string of the molecule is CCN(CC)CCCN1C(=O)CNC1c1ccc(F)cc1. The van der Waals surface area contributed by atoms with Gasteiger partial charge in [0, 0.05) is 6.54 Å². The molecule has 1 N–H and O–H groups in total. The first-order valence-electron chi connectivity index (χ1n) is 7.66. The number of amides is 1. The zero-order valence-corrected chi connectivity index (χ0v) is 12.8. The lowest BCUT2D eigenvalue weighted by Gasteiger charge is -2.26. The normalized spacial score (nSPS) is 18.8. The Morgan fingerprint density at radius 3 is 2.57 bits per heavy atom. The molecule has 1 aromatic carbocycles. The molecule has 1 atom stereocenters. The highest BCUT2D eigenvalue weighted by Gasteiger charge is 2.30. The molecule has 0 saturated carbocycles. The molecule has 1 unspecified atom stereocenters. The third-order valence-electron chi connectivity index (χ3n) is 4.03. The Bertz CT molecular complexity index is 459. The molecule has 21 heavy (non-hydrogen) atoms. The minimum atomic E-state index is -0.254. The van der Waals surface area contributed by atoms with E-state index in [1.54, 1.807) is 12.1 Å². The number of nitrogens with one attached hydrogen (secondary N) is 1. The van der Waals surface area contributed by atoms with E-state index in [9.17, 15) is 9.18 Å². The Morgan fingerprint density at radius 1 is 1.29 bits per heavy atom. The van der Waals surface area contributed by atoms with Gasteiger partial charge in [0.1, 0.15) is 12.0 Å². The van der Waals surface area contributed by atoms with Gasteiger partial charge in [0.15, 0.2) is 0 Å². The quantitative estimate of drug-likeness (QED) is 0.835. The van der Waals surface area contributed by atoms with Crippen molar-refractivity contribution in [2.24, 2.45) is 0 Å². The van der Waals surface area contributed by atoms with Crippen LogP contribution in [0.25, 0.3) is 0 Å². The Hall–Kier alpha value is -1.46. The average Bonchev–Trinajstić information content (AvgIpc) is 2.86. The summed E-state index contributed by atoms with van der Waals surface area (Å²) in [5.41, 5.74) is 0.935. The maximum absolute atomic E-state index is 13.0. The number of hydrogen-bond donors (Lipinski definition) is 1. The summed E-state index contributed by atoms with van der Waals surface area (Å²) in [5.74, 6) is -0.139. The Balaban J connectivity index is 1.95. The molecule has 1 aromatic rings. The van der Waals surface area contributed by atoms with Gasteiger partial charge in [-0.15, -0.1) is 0 Å². The fourth-order valence-electron chi connectivity index (χ4n) is 2.74. The van der Waals surface area contributed by atoms with Crippen LogP contribution in [0.15, 0.2) is 24.3 Å². The second kappa shape index (κ2) is 7.52. The van der Waals surface area contributed by atoms with Gasteiger partial charge in [-0.1, -0.05) is 26.0 Å². The number of carbonyl (C=O) groups is 1. The van der Waals surface area contributed by atoms with Crippen molar-refractivity contribution in [3.8, 4) is 0 Å². The lowest BCUT2D eigenvalue weighted by Crippen LogP contribution is -2.33. The maximum Gasteiger partial charge on any atom is 0.238 e. The van der Waals surface area contributed by atoms with Crippen LogP contribution in [0.3, 0.4) is 0 Å². The topological polar surface area (TPSA) is 35.6 Å². The molecule has 0 spiro atoms. The molecule has 1 fully saturated rings. The molecule has 0 aliphatic carbocycles. The summed E-state index contributed by atoms with van der Waals surface area (Å²) in [7, 11) is 0. The van der Waals surface area contributed by atoms with Crippen LogP contribution in [-0.4, -0.2) is 48.4 Å². The van der Waals surface area contributed by atoms with Crippen LogP contribution in [0.2, 0.25) is 0 Å². The number of nitrogens with zero attached hydrogens (tertiary/aromatic N) is 2. The molecule has 4 nitrogen and oxygen atoms in total. The van der Waals surface area contributed by atoms with E-state index in [-0.39, 0.29) is 17.9 Å². The lowest BCUT2D eigenvalue weighted by atomic mass is 10.1. The van der Waals surface area contributed by atoms with Crippen molar-refractivity contribution in [1.82, 2.24) is 15.1 Å². The van der Waals surface area contributed by atoms with E-state index < -0.39 is 0 Å². The monoisotopic (exact) mass is 293 g/mol. The Labute approximate surface area is 125 Å². The van der Waals surface area contributed by atoms with Crippen LogP contribution in [0, 0.1) is 5.82 Å². The Morgan fingerprint density at radius 2 is 1.95 bits per heavy atom. The van der Waals surface area contributed by atoms with Crippen molar-refractivity contribution in [3.05, 3.63) is 35.6 Å². The molecule has 2 rings (SSSR count). The predicted molar refractivity (Wildman–Crippen MR) is 81.3 cm³/mol. The highest BCUT2D eigenvalue weighted by atomic mass is 19.1. The summed E-state index contributed by atoms with van der Waals surface area (Å²) in [4.78, 5) is 16.2. The molecule has 1 aliphatic heterocycles. The first kappa shape index (κ1) is 15.9. The molecular formula is C16H24FN3O. The number of hydrogen-bond acceptors (Lipinski definition) is 3. The van der Waals surface area contributed by atoms with Gasteiger partial charge in [-0.05, 0) is 43.8 Å². The highest BCUT2D eigenvalue weighted by molar-refractivity contribution is 5.80. The van der Waals surface area contributed by atoms with E-state index in [0.717, 1.165) is 38.2 Å². The number of halogens is 1. The second-order valence-corrected chi connectivity index (χ2v) is 5.30. The zero-order valence-electron chi connectivity index (χ0n) is 12.8. The molecular weight excluding hydrogens is 269 g/mol. The standard InChI is InChI=1S/C16H24FN3O/c1-3-19(4-2)10-5-11-20-15(21)12-18-16(20)13-6-8-14(17)9-7-13/h6-9,16,18H,3-5,10-12H2,1-2H3. The van der Waals surface area contributed by atoms with Gasteiger partial charge in [0.05, 0.1) is 6.54 Å². The maximum atomic E-state index is 13.0. The van der Waals surface area contributed by atoms with Crippen LogP contribution in [0.4, 0.5) is 4.39 Å². The Kier molecular flexibility index (Phi) is 5.70. The molecule has 5 heteroatoms. The fourth-order valence-corrected chi connectivity index (χ4v) is 2.74. The van der Waals surface area contributed by atoms with Crippen LogP contribution in [-0.2, 0) is 4.79 Å². The van der Waals surface area contributed by atoms with Crippen LogP contribution < -0.4 is 5.32 Å². The van der Waals surface area contributed by atoms with E-state index in [2.05, 4.69) is 24.1 Å². The van der Waals surface area contributed by atoms with E-state index in [0.29, 0.717) is 6.54 Å². The van der Waals surface area contributed by atoms with Crippen molar-refractivity contribution in [2.45, 2.75) is 26.4 Å². The minimum Gasteiger partial charge on any atom is -0.322 e. The van der Waals surface area contributed by atoms with Gasteiger partial charge in [-0.2, -0.15) is 0 Å². The first-order valence-corrected chi connectivity index (χ1v) is 7.66. The fraction of sp³-hybridized carbons (Fsp3) is 0.562. The highest BCUT2D eigenvalue weighted by Crippen LogP contribution is 2.22. The summed E-state index contributed by atoms with van der Waals surface area (Å²) in [5, 5.41) is 3.20. The van der Waals surface area contributed by atoms with E-state index in [1.807, 2.05) is 4.90 Å². The van der Waals surface area contributed by atoms with E-state index in [1.165, 1.54) is 12.1 Å². The van der Waals surface area contributed by atoms with Gasteiger partial charge in [0.25, 0.3) is 0 Å². The zero-order chi connectivity index (χ0) is 15.2.